The van der Waals surface area contributed by atoms with Gasteiger partial charge >= 0.3 is 43.1 Å². The van der Waals surface area contributed by atoms with E-state index in [1.54, 1.807) is 12.1 Å². The summed E-state index contributed by atoms with van der Waals surface area (Å²) < 4.78 is 71.6. The van der Waals surface area contributed by atoms with E-state index in [-0.39, 0.29) is 78.8 Å². The molecule has 2 aliphatic rings. The van der Waals surface area contributed by atoms with Crippen molar-refractivity contribution in [1.82, 2.24) is 106 Å². The first-order valence-electron chi connectivity index (χ1n) is 39.6. The van der Waals surface area contributed by atoms with Crippen LogP contribution in [0, 0.1) is 40.9 Å². The molecule has 1 aliphatic carbocycles. The van der Waals surface area contributed by atoms with Gasteiger partial charge in [0.1, 0.15) is 93.2 Å². The number of hydrogen-bond acceptors (Lipinski definition) is 29. The van der Waals surface area contributed by atoms with E-state index in [1.807, 2.05) is 51.1 Å². The Hall–Kier alpha value is -14.7. The molecule has 670 valence electrons. The molecule has 36 nitrogen and oxygen atoms in total. The Balaban J connectivity index is 0.000000708. The minimum atomic E-state index is -0.840. The van der Waals surface area contributed by atoms with Crippen molar-refractivity contribution in [2.24, 2.45) is 11.8 Å². The van der Waals surface area contributed by atoms with Gasteiger partial charge in [0.25, 0.3) is 0 Å². The van der Waals surface area contributed by atoms with Gasteiger partial charge in [-0.3, -0.25) is 35.7 Å². The summed E-state index contributed by atoms with van der Waals surface area (Å²) >= 11 is 0. The van der Waals surface area contributed by atoms with Crippen LogP contribution in [-0.2, 0) is 162 Å². The standard InChI is InChI=1S/2C12H15N3.2C11H11F2N3.C11H12FN3.C11H19N3.C10H17N3O.7CO2/c1-3-11-13-12(15-14-11)9(2)10-7-5-4-6-8-10;1-2-11-13-12(15-14-11)9-8-10-6-4-3-5-7-10;1-2-10-14-11(16-15-10)6-7-8(12)4-3-5-9(7)13;1-2-9-14-10(16-15-9)6-7-4-3-5-8(12)11(7)13;1-2-10-13-11(15-14-10)7-8-5-3-4-6-9(8)12;1-2-10-12-11(14-13-10)8-7-9-5-3-4-6-9;1-2-9-11-10(13-12-9)6-8-4-3-5-14-7-8;7*2-1-3/h4-9H,3H2,1-2H3,(H,13,14,15);3-7H,2,8-9H2,1H3,(H,13,14,15);2*3-5H,2,6H2,1H3,(H,14,15,16);3-6H,2,7H2,1H3,(H,13,14,15);9H,2-8H2,1H3,(H,12,13,14);8H,2-7H2,1H3,(H,11,12,13);;;;;;;. The average molecular weight is 1750 g/mol. The maximum Gasteiger partial charge on any atom is 0.373 e. The predicted molar refractivity (Wildman–Crippen MR) is 428 cm³/mol. The second-order valence-corrected chi connectivity index (χ2v) is 26.0. The second kappa shape index (κ2) is 68.9. The normalized spacial score (nSPS) is 11.6. The Bertz CT molecular complexity index is 5020. The lowest BCUT2D eigenvalue weighted by Crippen LogP contribution is -2.19. The van der Waals surface area contributed by atoms with Crippen LogP contribution in [0.5, 0.6) is 0 Å². The maximum atomic E-state index is 13.3. The van der Waals surface area contributed by atoms with Crippen molar-refractivity contribution >= 4 is 43.1 Å². The first kappa shape index (κ1) is 109. The zero-order chi connectivity index (χ0) is 93.5. The summed E-state index contributed by atoms with van der Waals surface area (Å²) in [5, 5.41) is 48.5. The van der Waals surface area contributed by atoms with E-state index in [1.165, 1.54) is 92.5 Å². The summed E-state index contributed by atoms with van der Waals surface area (Å²) in [5.74, 6) is 10.3. The molecule has 5 aromatic carbocycles. The molecule has 1 saturated carbocycles. The van der Waals surface area contributed by atoms with Gasteiger partial charge in [0.05, 0.1) is 0 Å². The van der Waals surface area contributed by atoms with Gasteiger partial charge in [-0.25, -0.2) is 56.8 Å². The van der Waals surface area contributed by atoms with Gasteiger partial charge < -0.3 is 4.74 Å². The van der Waals surface area contributed by atoms with E-state index in [4.69, 9.17) is 71.9 Å². The highest BCUT2D eigenvalue weighted by atomic mass is 19.2. The number of benzene rings is 5. The number of H-pyrrole nitrogens is 7. The molecule has 2 atom stereocenters. The number of ether oxygens (including phenoxy) is 1. The largest absolute Gasteiger partial charge is 0.381 e. The number of carbonyl (C=O) groups excluding carboxylic acids is 14. The lowest BCUT2D eigenvalue weighted by Gasteiger charge is -2.20. The molecule has 126 heavy (non-hydrogen) atoms. The van der Waals surface area contributed by atoms with E-state index >= 15 is 0 Å². The summed E-state index contributed by atoms with van der Waals surface area (Å²) in [6.07, 6.45) is 21.8. The average Bonchev–Trinajstić information content (AvgIpc) is 1.26. The molecule has 0 bridgehead atoms. The van der Waals surface area contributed by atoms with Gasteiger partial charge in [0.2, 0.25) is 0 Å². The highest BCUT2D eigenvalue weighted by Gasteiger charge is 2.19. The highest BCUT2D eigenvalue weighted by molar-refractivity contribution is 5.27. The van der Waals surface area contributed by atoms with Crippen molar-refractivity contribution in [2.75, 3.05) is 13.2 Å². The minimum Gasteiger partial charge on any atom is -0.381 e. The fourth-order valence-electron chi connectivity index (χ4n) is 11.4. The number of halogens is 5. The Kier molecular flexibility index (Phi) is 59.8. The van der Waals surface area contributed by atoms with Crippen molar-refractivity contribution in [3.63, 3.8) is 0 Å². The van der Waals surface area contributed by atoms with Crippen molar-refractivity contribution < 1.29 is 93.8 Å². The van der Waals surface area contributed by atoms with E-state index in [2.05, 4.69) is 177 Å². The van der Waals surface area contributed by atoms with Gasteiger partial charge in [-0.15, -0.1) is 0 Å². The smallest absolute Gasteiger partial charge is 0.373 e. The topological polar surface area (TPSA) is 539 Å². The van der Waals surface area contributed by atoms with Gasteiger partial charge in [-0.2, -0.15) is 103 Å². The highest BCUT2D eigenvalue weighted by Crippen LogP contribution is 2.28. The van der Waals surface area contributed by atoms with Crippen LogP contribution in [-0.4, -0.2) is 163 Å². The fraction of sp³-hybridized carbons (Fsp3) is 0.400. The van der Waals surface area contributed by atoms with Crippen LogP contribution in [0.1, 0.15) is 216 Å². The third-order valence-electron chi connectivity index (χ3n) is 17.5. The number of rotatable bonds is 23. The van der Waals surface area contributed by atoms with Crippen LogP contribution >= 0.6 is 0 Å². The molecule has 7 N–H and O–H groups in total. The number of nitrogens with zero attached hydrogens (tertiary/aromatic N) is 14. The SMILES string of the molecule is CCc1n[nH]c(CC2CCCOC2)n1.CCc1n[nH]c(CCC2CCCC2)n1.CCc1n[nH]c(CCc2ccccc2)n1.CCc1n[nH]c(Cc2c(F)cccc2F)n1.CCc1n[nH]c(Cc2cccc(F)c2F)n1.CCc1n[nH]c(Cc2ccccc2F)n1.CCc1nc(C(C)c2ccccc2)n[nH]1.O=C=O.O=C=O.O=C=O.O=C=O.O=C=O.O=C=O.O=C=O. The quantitative estimate of drug-likeness (QED) is 0.0292. The molecule has 0 spiro atoms. The molecule has 2 unspecified atom stereocenters. The molecule has 1 aliphatic heterocycles. The Morgan fingerprint density at radius 3 is 1.13 bits per heavy atom. The molecule has 41 heteroatoms. The Labute approximate surface area is 721 Å². The van der Waals surface area contributed by atoms with Crippen LogP contribution in [0.2, 0.25) is 0 Å². The van der Waals surface area contributed by atoms with E-state index < -0.39 is 23.3 Å². The van der Waals surface area contributed by atoms with Crippen LogP contribution in [0.4, 0.5) is 22.0 Å². The van der Waals surface area contributed by atoms with E-state index in [0.29, 0.717) is 59.9 Å². The van der Waals surface area contributed by atoms with Crippen molar-refractivity contribution in [3.8, 4) is 0 Å². The third-order valence-corrected chi connectivity index (χ3v) is 17.5. The number of hydrogen-bond donors (Lipinski definition) is 7. The van der Waals surface area contributed by atoms with Crippen molar-refractivity contribution in [3.05, 3.63) is 260 Å². The zero-order valence-corrected chi connectivity index (χ0v) is 70.8. The summed E-state index contributed by atoms with van der Waals surface area (Å²) in [5.41, 5.74) is 3.52. The lowest BCUT2D eigenvalue weighted by molar-refractivity contribution is -0.193. The molecule has 0 radical (unpaired) electrons. The predicted octanol–water partition coefficient (Wildman–Crippen LogP) is 11.0. The van der Waals surface area contributed by atoms with Crippen molar-refractivity contribution in [1.29, 1.82) is 0 Å². The van der Waals surface area contributed by atoms with Crippen LogP contribution in [0.25, 0.3) is 0 Å². The van der Waals surface area contributed by atoms with E-state index in [9.17, 15) is 22.0 Å². The first-order chi connectivity index (χ1) is 61.0. The molecular formula is C85H100F5N21O15. The molecule has 12 aromatic rings. The van der Waals surface area contributed by atoms with Gasteiger partial charge in [-0.1, -0.05) is 178 Å². The van der Waals surface area contributed by atoms with Crippen molar-refractivity contribution in [2.45, 2.75) is 196 Å². The van der Waals surface area contributed by atoms with Crippen LogP contribution in [0.3, 0.4) is 0 Å². The third kappa shape index (κ3) is 46.4. The summed E-state index contributed by atoms with van der Waals surface area (Å²) in [6.45, 7) is 18.0. The molecule has 7 aromatic heterocycles. The van der Waals surface area contributed by atoms with Gasteiger partial charge in [0.15, 0.2) is 17.5 Å². The van der Waals surface area contributed by atoms with Gasteiger partial charge in [-0.05, 0) is 84.0 Å². The van der Waals surface area contributed by atoms with Gasteiger partial charge in [0, 0.05) is 108 Å². The van der Waals surface area contributed by atoms with E-state index in [0.717, 1.165) is 135 Å². The number of aromatic nitrogens is 21. The molecule has 2 fully saturated rings. The first-order valence-corrected chi connectivity index (χ1v) is 39.6. The summed E-state index contributed by atoms with van der Waals surface area (Å²) in [7, 11) is 0. The number of aryl methyl sites for hydroxylation is 10. The fourth-order valence-corrected chi connectivity index (χ4v) is 11.4. The Morgan fingerprint density at radius 1 is 0.349 bits per heavy atom. The summed E-state index contributed by atoms with van der Waals surface area (Å²) in [4.78, 5) is 144. The molecule has 1 saturated heterocycles. The monoisotopic (exact) mass is 1750 g/mol. The van der Waals surface area contributed by atoms with Crippen LogP contribution in [0.15, 0.2) is 121 Å². The number of nitrogens with one attached hydrogen (secondary N) is 7. The molecule has 14 rings (SSSR count). The Morgan fingerprint density at radius 2 is 0.706 bits per heavy atom. The summed E-state index contributed by atoms with van der Waals surface area (Å²) in [6, 6.07) is 35.3. The van der Waals surface area contributed by atoms with Crippen LogP contribution < -0.4 is 0 Å². The minimum absolute atomic E-state index is 0.0151. The molecule has 0 amide bonds. The lowest BCUT2D eigenvalue weighted by atomic mass is 9.98. The zero-order valence-electron chi connectivity index (χ0n) is 70.8. The number of aromatic amines is 7. The molecular weight excluding hydrogens is 1650 g/mol. The second-order valence-electron chi connectivity index (χ2n) is 26.0. The molecule has 8 heterocycles. The maximum absolute atomic E-state index is 13.3.